The third-order valence-corrected chi connectivity index (χ3v) is 4.08. The van der Waals surface area contributed by atoms with Gasteiger partial charge in [-0.05, 0) is 31.3 Å². The van der Waals surface area contributed by atoms with Crippen LogP contribution in [0.1, 0.15) is 16.5 Å². The van der Waals surface area contributed by atoms with E-state index in [2.05, 4.69) is 5.32 Å². The minimum absolute atomic E-state index is 0.277. The summed E-state index contributed by atoms with van der Waals surface area (Å²) in [4.78, 5) is 0.935. The van der Waals surface area contributed by atoms with Crippen LogP contribution in [0.3, 0.4) is 0 Å². The second kappa shape index (κ2) is 5.36. The Morgan fingerprint density at radius 3 is 2.53 bits per heavy atom. The predicted molar refractivity (Wildman–Crippen MR) is 71.6 cm³/mol. The van der Waals surface area contributed by atoms with Crippen molar-refractivity contribution in [1.29, 1.82) is 0 Å². The van der Waals surface area contributed by atoms with Gasteiger partial charge >= 0.3 is 0 Å². The smallest absolute Gasteiger partial charge is 0.129 e. The minimum Gasteiger partial charge on any atom is -0.309 e. The Hall–Kier alpha value is -0.610. The zero-order chi connectivity index (χ0) is 12.4. The Morgan fingerprint density at radius 1 is 1.24 bits per heavy atom. The molecule has 1 heterocycles. The zero-order valence-corrected chi connectivity index (χ0v) is 11.3. The summed E-state index contributed by atoms with van der Waals surface area (Å²) < 4.78 is 14.5. The van der Waals surface area contributed by atoms with Crippen molar-refractivity contribution in [3.63, 3.8) is 0 Å². The van der Waals surface area contributed by atoms with Gasteiger partial charge in [0.1, 0.15) is 5.82 Å². The van der Waals surface area contributed by atoms with Crippen molar-refractivity contribution in [1.82, 2.24) is 5.32 Å². The van der Waals surface area contributed by atoms with Crippen molar-refractivity contribution in [2.75, 3.05) is 7.05 Å². The number of halogens is 3. The van der Waals surface area contributed by atoms with E-state index in [9.17, 15) is 4.39 Å². The Labute approximate surface area is 113 Å². The molecule has 1 unspecified atom stereocenters. The average molecular weight is 290 g/mol. The molecule has 0 radical (unpaired) electrons. The Kier molecular flexibility index (Phi) is 4.05. The lowest BCUT2D eigenvalue weighted by molar-refractivity contribution is 0.579. The van der Waals surface area contributed by atoms with E-state index in [4.69, 9.17) is 23.2 Å². The van der Waals surface area contributed by atoms with Crippen molar-refractivity contribution in [2.24, 2.45) is 0 Å². The molecule has 0 fully saturated rings. The number of nitrogens with one attached hydrogen (secondary N) is 1. The summed E-state index contributed by atoms with van der Waals surface area (Å²) in [5.74, 6) is -0.318. The van der Waals surface area contributed by atoms with Gasteiger partial charge in [0, 0.05) is 15.5 Å². The Morgan fingerprint density at radius 2 is 2.00 bits per heavy atom. The van der Waals surface area contributed by atoms with Crippen LogP contribution in [0.5, 0.6) is 0 Å². The fourth-order valence-electron chi connectivity index (χ4n) is 1.70. The van der Waals surface area contributed by atoms with Crippen molar-refractivity contribution in [3.05, 3.63) is 55.9 Å². The maximum absolute atomic E-state index is 13.8. The molecule has 2 rings (SSSR count). The highest BCUT2D eigenvalue weighted by Gasteiger charge is 2.20. The summed E-state index contributed by atoms with van der Waals surface area (Å²) in [6.07, 6.45) is 0. The molecule has 0 saturated carbocycles. The highest BCUT2D eigenvalue weighted by Crippen LogP contribution is 2.35. The molecule has 1 aromatic heterocycles. The third-order valence-electron chi connectivity index (χ3n) is 2.46. The summed E-state index contributed by atoms with van der Waals surface area (Å²) >= 11 is 13.4. The molecule has 2 aromatic rings. The largest absolute Gasteiger partial charge is 0.309 e. The highest BCUT2D eigenvalue weighted by atomic mass is 35.5. The monoisotopic (exact) mass is 289 g/mol. The fourth-order valence-corrected chi connectivity index (χ4v) is 3.15. The number of rotatable bonds is 3. The second-order valence-electron chi connectivity index (χ2n) is 3.50. The molecule has 1 N–H and O–H groups in total. The molecule has 90 valence electrons. The van der Waals surface area contributed by atoms with Gasteiger partial charge in [-0.2, -0.15) is 0 Å². The first-order valence-electron chi connectivity index (χ1n) is 5.00. The van der Waals surface area contributed by atoms with Crippen LogP contribution in [-0.2, 0) is 0 Å². The molecule has 1 aromatic carbocycles. The molecule has 0 aliphatic heterocycles. The molecule has 17 heavy (non-hydrogen) atoms. The highest BCUT2D eigenvalue weighted by molar-refractivity contribution is 7.16. The van der Waals surface area contributed by atoms with Crippen LogP contribution < -0.4 is 5.32 Å². The van der Waals surface area contributed by atoms with Crippen LogP contribution >= 0.6 is 34.5 Å². The number of hydrogen-bond donors (Lipinski definition) is 1. The molecule has 0 amide bonds. The van der Waals surface area contributed by atoms with E-state index in [0.29, 0.717) is 14.9 Å². The lowest BCUT2D eigenvalue weighted by Gasteiger charge is -2.17. The van der Waals surface area contributed by atoms with Gasteiger partial charge in [0.25, 0.3) is 0 Å². The van der Waals surface area contributed by atoms with Crippen LogP contribution in [0.2, 0.25) is 9.36 Å². The van der Waals surface area contributed by atoms with E-state index in [-0.39, 0.29) is 11.9 Å². The SMILES string of the molecule is CNC(c1ccc(Cl)s1)c1c(F)cccc1Cl. The minimum atomic E-state index is -0.318. The summed E-state index contributed by atoms with van der Waals surface area (Å²) in [6.45, 7) is 0. The van der Waals surface area contributed by atoms with Crippen molar-refractivity contribution in [3.8, 4) is 0 Å². The van der Waals surface area contributed by atoms with E-state index >= 15 is 0 Å². The normalized spacial score (nSPS) is 12.7. The quantitative estimate of drug-likeness (QED) is 0.877. The van der Waals surface area contributed by atoms with Gasteiger partial charge < -0.3 is 5.32 Å². The van der Waals surface area contributed by atoms with Crippen molar-refractivity contribution in [2.45, 2.75) is 6.04 Å². The molecular formula is C12H10Cl2FNS. The molecule has 0 aliphatic rings. The molecule has 0 bridgehead atoms. The lowest BCUT2D eigenvalue weighted by Crippen LogP contribution is -2.18. The number of hydrogen-bond acceptors (Lipinski definition) is 2. The number of benzene rings is 1. The van der Waals surface area contributed by atoms with Gasteiger partial charge in [0.2, 0.25) is 0 Å². The van der Waals surface area contributed by atoms with Crippen LogP contribution in [0.15, 0.2) is 30.3 Å². The van der Waals surface area contributed by atoms with Gasteiger partial charge in [-0.3, -0.25) is 0 Å². The van der Waals surface area contributed by atoms with Gasteiger partial charge in [-0.25, -0.2) is 4.39 Å². The second-order valence-corrected chi connectivity index (χ2v) is 5.65. The standard InChI is InChI=1S/C12H10Cl2FNS/c1-16-12(9-5-6-10(14)17-9)11-7(13)3-2-4-8(11)15/h2-6,12,16H,1H3. The molecule has 0 saturated heterocycles. The lowest BCUT2D eigenvalue weighted by atomic mass is 10.0. The average Bonchev–Trinajstić information content (AvgIpc) is 2.70. The molecule has 1 atom stereocenters. The van der Waals surface area contributed by atoms with E-state index in [0.717, 1.165) is 4.88 Å². The maximum atomic E-state index is 13.8. The molecular weight excluding hydrogens is 280 g/mol. The molecule has 0 spiro atoms. The molecule has 0 aliphatic carbocycles. The van der Waals surface area contributed by atoms with Gasteiger partial charge in [0.05, 0.1) is 10.4 Å². The third kappa shape index (κ3) is 2.63. The van der Waals surface area contributed by atoms with E-state index < -0.39 is 0 Å². The summed E-state index contributed by atoms with van der Waals surface area (Å²) in [6, 6.07) is 8.06. The molecule has 5 heteroatoms. The van der Waals surface area contributed by atoms with Crippen molar-refractivity contribution < 1.29 is 4.39 Å². The summed E-state index contributed by atoms with van der Waals surface area (Å²) in [5, 5.41) is 3.47. The molecule has 1 nitrogen and oxygen atoms in total. The van der Waals surface area contributed by atoms with Crippen LogP contribution in [-0.4, -0.2) is 7.05 Å². The van der Waals surface area contributed by atoms with E-state index in [1.165, 1.54) is 17.4 Å². The first-order valence-corrected chi connectivity index (χ1v) is 6.57. The fraction of sp³-hybridized carbons (Fsp3) is 0.167. The topological polar surface area (TPSA) is 12.0 Å². The van der Waals surface area contributed by atoms with Crippen LogP contribution in [0.4, 0.5) is 4.39 Å². The van der Waals surface area contributed by atoms with Crippen LogP contribution in [0, 0.1) is 5.82 Å². The predicted octanol–water partition coefficient (Wildman–Crippen LogP) is 4.50. The summed E-state index contributed by atoms with van der Waals surface area (Å²) in [7, 11) is 1.76. The zero-order valence-electron chi connectivity index (χ0n) is 9.01. The Bertz CT molecular complexity index is 507. The van der Waals surface area contributed by atoms with Gasteiger partial charge in [-0.1, -0.05) is 29.3 Å². The van der Waals surface area contributed by atoms with E-state index in [1.807, 2.05) is 6.07 Å². The Balaban J connectivity index is 2.49. The summed E-state index contributed by atoms with van der Waals surface area (Å²) in [5.41, 5.74) is 0.454. The van der Waals surface area contributed by atoms with Crippen LogP contribution in [0.25, 0.3) is 0 Å². The first kappa shape index (κ1) is 12.8. The maximum Gasteiger partial charge on any atom is 0.129 e. The van der Waals surface area contributed by atoms with Crippen molar-refractivity contribution >= 4 is 34.5 Å². The number of thiophene rings is 1. The van der Waals surface area contributed by atoms with Gasteiger partial charge in [-0.15, -0.1) is 11.3 Å². The van der Waals surface area contributed by atoms with Gasteiger partial charge in [0.15, 0.2) is 0 Å². The van der Waals surface area contributed by atoms with E-state index in [1.54, 1.807) is 25.2 Å². The first-order chi connectivity index (χ1) is 8.13.